The number of hydrogen-bond acceptors (Lipinski definition) is 4. The first-order chi connectivity index (χ1) is 15.8. The molecule has 1 aliphatic heterocycles. The number of para-hydroxylation sites is 1. The number of fused-ring (bicyclic) bond motifs is 2. The molecule has 3 heterocycles. The molecule has 0 fully saturated rings. The van der Waals surface area contributed by atoms with Crippen LogP contribution in [0.4, 0.5) is 5.69 Å². The van der Waals surface area contributed by atoms with Crippen LogP contribution in [-0.4, -0.2) is 30.7 Å². The van der Waals surface area contributed by atoms with Crippen molar-refractivity contribution in [2.75, 3.05) is 25.1 Å². The Morgan fingerprint density at radius 2 is 1.88 bits per heavy atom. The summed E-state index contributed by atoms with van der Waals surface area (Å²) in [6.07, 6.45) is 3.33. The number of aliphatic imine (C=N–C) groups is 1. The van der Waals surface area contributed by atoms with E-state index in [4.69, 9.17) is 18.9 Å². The zero-order chi connectivity index (χ0) is 21.6. The van der Waals surface area contributed by atoms with Gasteiger partial charge in [0.05, 0.1) is 26.0 Å². The minimum atomic E-state index is 0.523. The van der Waals surface area contributed by atoms with Crippen molar-refractivity contribution >= 4 is 22.5 Å². The van der Waals surface area contributed by atoms with Gasteiger partial charge < -0.3 is 29.5 Å². The van der Waals surface area contributed by atoms with Crippen molar-refractivity contribution in [1.82, 2.24) is 10.3 Å². The number of aromatic nitrogens is 1. The lowest BCUT2D eigenvalue weighted by molar-refractivity contribution is 0.297. The number of nitrogens with one attached hydrogen (secondary N) is 3. The Kier molecular flexibility index (Phi) is 5.96. The summed E-state index contributed by atoms with van der Waals surface area (Å²) in [5.41, 5.74) is 3.05. The molecule has 2 aromatic carbocycles. The largest absolute Gasteiger partial charge is 0.490 e. The third-order valence-corrected chi connectivity index (χ3v) is 5.25. The predicted molar refractivity (Wildman–Crippen MR) is 126 cm³/mol. The van der Waals surface area contributed by atoms with Gasteiger partial charge in [-0.05, 0) is 41.8 Å². The van der Waals surface area contributed by atoms with Crippen molar-refractivity contribution in [2.24, 2.45) is 4.99 Å². The van der Waals surface area contributed by atoms with Gasteiger partial charge in [-0.3, -0.25) is 0 Å². The van der Waals surface area contributed by atoms with E-state index in [0.717, 1.165) is 47.0 Å². The maximum absolute atomic E-state index is 5.82. The molecule has 7 heteroatoms. The number of nitrogens with zero attached hydrogens (tertiary/aromatic N) is 1. The Bertz CT molecular complexity index is 1160. The second-order valence-corrected chi connectivity index (χ2v) is 7.64. The van der Waals surface area contributed by atoms with Crippen LogP contribution in [0.15, 0.2) is 76.3 Å². The number of rotatable bonds is 6. The highest BCUT2D eigenvalue weighted by molar-refractivity contribution is 5.94. The van der Waals surface area contributed by atoms with Crippen LogP contribution in [-0.2, 0) is 13.0 Å². The zero-order valence-electron chi connectivity index (χ0n) is 17.8. The number of guanidine groups is 1. The molecule has 3 N–H and O–H groups in total. The molecule has 0 unspecified atom stereocenters. The SMILES string of the molecule is c1coc(CCNC(=NCc2cc3ccccc3[nH]2)Nc2ccc3c(c2)OCCCO3)c1. The van der Waals surface area contributed by atoms with Crippen LogP contribution >= 0.6 is 0 Å². The monoisotopic (exact) mass is 430 g/mol. The summed E-state index contributed by atoms with van der Waals surface area (Å²) in [7, 11) is 0. The summed E-state index contributed by atoms with van der Waals surface area (Å²) in [6.45, 7) is 2.54. The van der Waals surface area contributed by atoms with E-state index >= 15 is 0 Å². The van der Waals surface area contributed by atoms with Crippen molar-refractivity contribution in [2.45, 2.75) is 19.4 Å². The molecule has 0 atom stereocenters. The molecule has 0 amide bonds. The van der Waals surface area contributed by atoms with E-state index in [0.29, 0.717) is 32.3 Å². The third-order valence-electron chi connectivity index (χ3n) is 5.25. The van der Waals surface area contributed by atoms with Crippen LogP contribution in [0, 0.1) is 0 Å². The minimum absolute atomic E-state index is 0.523. The van der Waals surface area contributed by atoms with Gasteiger partial charge in [-0.1, -0.05) is 18.2 Å². The molecular formula is C25H26N4O3. The lowest BCUT2D eigenvalue weighted by Crippen LogP contribution is -2.32. The molecule has 1 aliphatic rings. The highest BCUT2D eigenvalue weighted by Gasteiger charge is 2.12. The lowest BCUT2D eigenvalue weighted by atomic mass is 10.2. The number of benzene rings is 2. The van der Waals surface area contributed by atoms with Crippen molar-refractivity contribution in [3.63, 3.8) is 0 Å². The van der Waals surface area contributed by atoms with Gasteiger partial charge >= 0.3 is 0 Å². The van der Waals surface area contributed by atoms with E-state index in [1.54, 1.807) is 6.26 Å². The molecule has 32 heavy (non-hydrogen) atoms. The van der Waals surface area contributed by atoms with E-state index in [-0.39, 0.29) is 0 Å². The van der Waals surface area contributed by atoms with Crippen LogP contribution in [0.5, 0.6) is 11.5 Å². The number of furan rings is 1. The smallest absolute Gasteiger partial charge is 0.196 e. The van der Waals surface area contributed by atoms with Crippen molar-refractivity contribution in [1.29, 1.82) is 0 Å². The first-order valence-electron chi connectivity index (χ1n) is 10.9. The summed E-state index contributed by atoms with van der Waals surface area (Å²) in [5.74, 6) is 3.14. The van der Waals surface area contributed by atoms with Gasteiger partial charge in [-0.2, -0.15) is 0 Å². The summed E-state index contributed by atoms with van der Waals surface area (Å²) in [6, 6.07) is 20.1. The Morgan fingerprint density at radius 1 is 0.969 bits per heavy atom. The van der Waals surface area contributed by atoms with Crippen LogP contribution in [0.1, 0.15) is 17.9 Å². The fourth-order valence-electron chi connectivity index (χ4n) is 3.66. The molecule has 0 bridgehead atoms. The van der Waals surface area contributed by atoms with Crippen LogP contribution in [0.2, 0.25) is 0 Å². The van der Waals surface area contributed by atoms with Crippen molar-refractivity contribution in [3.8, 4) is 11.5 Å². The quantitative estimate of drug-likeness (QED) is 0.304. The molecule has 5 rings (SSSR count). The number of aromatic amines is 1. The van der Waals surface area contributed by atoms with Crippen LogP contribution in [0.3, 0.4) is 0 Å². The first kappa shape index (κ1) is 20.1. The Labute approximate surface area is 186 Å². The van der Waals surface area contributed by atoms with Gasteiger partial charge in [0, 0.05) is 42.4 Å². The fourth-order valence-corrected chi connectivity index (χ4v) is 3.66. The normalized spacial score (nSPS) is 13.7. The Hall–Kier alpha value is -3.87. The summed E-state index contributed by atoms with van der Waals surface area (Å²) in [5, 5.41) is 7.97. The van der Waals surface area contributed by atoms with Crippen LogP contribution < -0.4 is 20.1 Å². The van der Waals surface area contributed by atoms with Gasteiger partial charge in [0.1, 0.15) is 5.76 Å². The zero-order valence-corrected chi connectivity index (χ0v) is 17.8. The van der Waals surface area contributed by atoms with E-state index in [2.05, 4.69) is 33.8 Å². The van der Waals surface area contributed by atoms with E-state index in [9.17, 15) is 0 Å². The molecule has 164 valence electrons. The van der Waals surface area contributed by atoms with Gasteiger partial charge in [-0.15, -0.1) is 0 Å². The lowest BCUT2D eigenvalue weighted by Gasteiger charge is -2.14. The predicted octanol–water partition coefficient (Wildman–Crippen LogP) is 4.72. The first-order valence-corrected chi connectivity index (χ1v) is 10.9. The van der Waals surface area contributed by atoms with Crippen LogP contribution in [0.25, 0.3) is 10.9 Å². The second-order valence-electron chi connectivity index (χ2n) is 7.64. The molecule has 4 aromatic rings. The van der Waals surface area contributed by atoms with Gasteiger partial charge in [0.25, 0.3) is 0 Å². The van der Waals surface area contributed by atoms with E-state index in [1.807, 2.05) is 42.5 Å². The summed E-state index contributed by atoms with van der Waals surface area (Å²) >= 11 is 0. The molecule has 0 spiro atoms. The van der Waals surface area contributed by atoms with E-state index < -0.39 is 0 Å². The highest BCUT2D eigenvalue weighted by Crippen LogP contribution is 2.32. The molecule has 0 saturated carbocycles. The standard InChI is InChI=1S/C25H26N4O3/c1-2-7-22-18(5-1)15-20(28-22)17-27-25(26-11-10-21-6-3-12-30-21)29-19-8-9-23-24(16-19)32-14-4-13-31-23/h1-3,5-9,12,15-16,28H,4,10-11,13-14,17H2,(H2,26,27,29). The topological polar surface area (TPSA) is 83.8 Å². The van der Waals surface area contributed by atoms with Gasteiger partial charge in [0.15, 0.2) is 17.5 Å². The molecule has 2 aromatic heterocycles. The molecule has 0 aliphatic carbocycles. The average Bonchev–Trinajstić information content (AvgIpc) is 3.42. The van der Waals surface area contributed by atoms with Crippen molar-refractivity contribution < 1.29 is 13.9 Å². The van der Waals surface area contributed by atoms with Crippen molar-refractivity contribution in [3.05, 3.63) is 78.4 Å². The minimum Gasteiger partial charge on any atom is -0.490 e. The number of anilines is 1. The molecule has 0 saturated heterocycles. The van der Waals surface area contributed by atoms with Gasteiger partial charge in [-0.25, -0.2) is 4.99 Å². The Balaban J connectivity index is 1.32. The average molecular weight is 431 g/mol. The summed E-state index contributed by atoms with van der Waals surface area (Å²) in [4.78, 5) is 8.22. The van der Waals surface area contributed by atoms with Gasteiger partial charge in [0.2, 0.25) is 0 Å². The number of hydrogen-bond donors (Lipinski definition) is 3. The number of ether oxygens (including phenoxy) is 2. The molecule has 7 nitrogen and oxygen atoms in total. The molecular weight excluding hydrogens is 404 g/mol. The fraction of sp³-hybridized carbons (Fsp3) is 0.240. The maximum Gasteiger partial charge on any atom is 0.196 e. The Morgan fingerprint density at radius 3 is 2.75 bits per heavy atom. The highest BCUT2D eigenvalue weighted by atomic mass is 16.5. The third kappa shape index (κ3) is 4.88. The second kappa shape index (κ2) is 9.51. The van der Waals surface area contributed by atoms with E-state index in [1.165, 1.54) is 5.39 Å². The molecule has 0 radical (unpaired) electrons. The summed E-state index contributed by atoms with van der Waals surface area (Å²) < 4.78 is 17.0. The number of H-pyrrole nitrogens is 1. The maximum atomic E-state index is 5.82.